The lowest BCUT2D eigenvalue weighted by molar-refractivity contribution is 1.27. The Morgan fingerprint density at radius 2 is 2.05 bits per heavy atom. The molecule has 0 aliphatic carbocycles. The fraction of sp³-hybridized carbons (Fsp3) is 0.125. The van der Waals surface area contributed by atoms with Crippen LogP contribution < -0.4 is 0 Å². The molecular weight excluding hydrogens is 234 g/mol. The molecule has 1 N–H and O–H groups in total. The van der Waals surface area contributed by atoms with Gasteiger partial charge in [0.2, 0.25) is 0 Å². The highest BCUT2D eigenvalue weighted by atomic mass is 14.9. The fourth-order valence-electron chi connectivity index (χ4n) is 2.22. The summed E-state index contributed by atoms with van der Waals surface area (Å²) >= 11 is 0. The number of aromatic nitrogens is 2. The van der Waals surface area contributed by atoms with Gasteiger partial charge in [0.15, 0.2) is 0 Å². The number of nitrogens with one attached hydrogen (secondary N) is 1. The summed E-state index contributed by atoms with van der Waals surface area (Å²) in [6, 6.07) is 16.2. The van der Waals surface area contributed by atoms with E-state index in [2.05, 4.69) is 35.1 Å². The maximum absolute atomic E-state index is 8.74. The Kier molecular flexibility index (Phi) is 2.77. The molecule has 0 bridgehead atoms. The van der Waals surface area contributed by atoms with Crippen molar-refractivity contribution < 1.29 is 0 Å². The Morgan fingerprint density at radius 3 is 2.84 bits per heavy atom. The Bertz CT molecular complexity index is 778. The Morgan fingerprint density at radius 1 is 1.21 bits per heavy atom. The van der Waals surface area contributed by atoms with Crippen LogP contribution in [0, 0.1) is 18.3 Å². The first-order valence-corrected chi connectivity index (χ1v) is 6.19. The van der Waals surface area contributed by atoms with E-state index in [1.54, 1.807) is 0 Å². The number of aromatic amines is 1. The number of hydrogen-bond donors (Lipinski definition) is 1. The molecule has 2 aromatic carbocycles. The topological polar surface area (TPSA) is 52.5 Å². The van der Waals surface area contributed by atoms with Gasteiger partial charge < -0.3 is 4.98 Å². The first-order chi connectivity index (χ1) is 9.28. The van der Waals surface area contributed by atoms with Crippen LogP contribution in [-0.4, -0.2) is 9.97 Å². The zero-order valence-corrected chi connectivity index (χ0v) is 10.6. The van der Waals surface area contributed by atoms with E-state index in [9.17, 15) is 0 Å². The number of benzene rings is 2. The number of rotatable bonds is 2. The number of nitriles is 1. The highest BCUT2D eigenvalue weighted by molar-refractivity contribution is 5.80. The summed E-state index contributed by atoms with van der Waals surface area (Å²) in [6.07, 6.45) is 0.425. The van der Waals surface area contributed by atoms with E-state index < -0.39 is 0 Å². The summed E-state index contributed by atoms with van der Waals surface area (Å²) in [5.41, 5.74) is 5.22. The van der Waals surface area contributed by atoms with E-state index >= 15 is 0 Å². The van der Waals surface area contributed by atoms with Gasteiger partial charge in [-0.3, -0.25) is 0 Å². The minimum atomic E-state index is 0.425. The molecule has 3 aromatic rings. The summed E-state index contributed by atoms with van der Waals surface area (Å²) in [6.45, 7) is 2.07. The molecule has 0 fully saturated rings. The van der Waals surface area contributed by atoms with Gasteiger partial charge in [0.05, 0.1) is 23.5 Å². The van der Waals surface area contributed by atoms with Crippen molar-refractivity contribution in [3.05, 3.63) is 53.6 Å². The van der Waals surface area contributed by atoms with Crippen LogP contribution in [0.1, 0.15) is 11.1 Å². The van der Waals surface area contributed by atoms with Crippen LogP contribution in [0.2, 0.25) is 0 Å². The first kappa shape index (κ1) is 11.5. The highest BCUT2D eigenvalue weighted by Crippen LogP contribution is 2.23. The lowest BCUT2D eigenvalue weighted by Crippen LogP contribution is -1.83. The molecule has 19 heavy (non-hydrogen) atoms. The molecule has 0 atom stereocenters. The number of H-pyrrole nitrogens is 1. The van der Waals surface area contributed by atoms with Crippen molar-refractivity contribution in [2.75, 3.05) is 0 Å². The molecule has 0 unspecified atom stereocenters. The van der Waals surface area contributed by atoms with Crippen LogP contribution in [0.4, 0.5) is 0 Å². The van der Waals surface area contributed by atoms with Crippen LogP contribution in [0.15, 0.2) is 42.5 Å². The number of imidazole rings is 1. The largest absolute Gasteiger partial charge is 0.338 e. The van der Waals surface area contributed by atoms with Crippen molar-refractivity contribution in [3.8, 4) is 17.5 Å². The van der Waals surface area contributed by atoms with Gasteiger partial charge >= 0.3 is 0 Å². The average molecular weight is 247 g/mol. The third-order valence-corrected chi connectivity index (χ3v) is 3.23. The van der Waals surface area contributed by atoms with E-state index in [1.165, 1.54) is 5.56 Å². The summed E-state index contributed by atoms with van der Waals surface area (Å²) in [5, 5.41) is 8.74. The lowest BCUT2D eigenvalue weighted by atomic mass is 10.1. The van der Waals surface area contributed by atoms with E-state index in [0.29, 0.717) is 6.42 Å². The van der Waals surface area contributed by atoms with E-state index in [1.807, 2.05) is 30.3 Å². The van der Waals surface area contributed by atoms with E-state index in [-0.39, 0.29) is 0 Å². The SMILES string of the molecule is Cc1ccccc1-c1nc2ccc(CC#N)cc2[nH]1. The van der Waals surface area contributed by atoms with Gasteiger partial charge in [-0.1, -0.05) is 30.3 Å². The molecule has 0 amide bonds. The van der Waals surface area contributed by atoms with Crippen LogP contribution in [0.5, 0.6) is 0 Å². The molecular formula is C16H13N3. The zero-order valence-electron chi connectivity index (χ0n) is 10.6. The van der Waals surface area contributed by atoms with Gasteiger partial charge in [-0.15, -0.1) is 0 Å². The van der Waals surface area contributed by atoms with E-state index in [0.717, 1.165) is 28.0 Å². The fourth-order valence-corrected chi connectivity index (χ4v) is 2.22. The van der Waals surface area contributed by atoms with Gasteiger partial charge in [-0.05, 0) is 30.2 Å². The third-order valence-electron chi connectivity index (χ3n) is 3.23. The maximum Gasteiger partial charge on any atom is 0.138 e. The number of nitrogens with zero attached hydrogens (tertiary/aromatic N) is 2. The monoisotopic (exact) mass is 247 g/mol. The lowest BCUT2D eigenvalue weighted by Gasteiger charge is -2.00. The second-order valence-corrected chi connectivity index (χ2v) is 4.59. The van der Waals surface area contributed by atoms with Gasteiger partial charge in [-0.2, -0.15) is 5.26 Å². The normalized spacial score (nSPS) is 10.5. The predicted octanol–water partition coefficient (Wildman–Crippen LogP) is 3.60. The summed E-state index contributed by atoms with van der Waals surface area (Å²) < 4.78 is 0. The van der Waals surface area contributed by atoms with Gasteiger partial charge in [0.25, 0.3) is 0 Å². The zero-order chi connectivity index (χ0) is 13.2. The van der Waals surface area contributed by atoms with Crippen molar-refractivity contribution in [2.24, 2.45) is 0 Å². The molecule has 1 heterocycles. The van der Waals surface area contributed by atoms with Crippen molar-refractivity contribution in [1.29, 1.82) is 5.26 Å². The molecule has 0 radical (unpaired) electrons. The molecule has 0 spiro atoms. The molecule has 92 valence electrons. The highest BCUT2D eigenvalue weighted by Gasteiger charge is 2.07. The average Bonchev–Trinajstić information content (AvgIpc) is 2.82. The summed E-state index contributed by atoms with van der Waals surface area (Å²) in [5.74, 6) is 0.877. The molecule has 0 saturated carbocycles. The van der Waals surface area contributed by atoms with Crippen LogP contribution in [-0.2, 0) is 6.42 Å². The smallest absolute Gasteiger partial charge is 0.138 e. The quantitative estimate of drug-likeness (QED) is 0.752. The van der Waals surface area contributed by atoms with Gasteiger partial charge in [0, 0.05) is 5.56 Å². The van der Waals surface area contributed by atoms with Crippen molar-refractivity contribution in [2.45, 2.75) is 13.3 Å². The second kappa shape index (κ2) is 4.58. The minimum absolute atomic E-state index is 0.425. The molecule has 3 heteroatoms. The molecule has 1 aromatic heterocycles. The van der Waals surface area contributed by atoms with Crippen molar-refractivity contribution >= 4 is 11.0 Å². The summed E-state index contributed by atoms with van der Waals surface area (Å²) in [7, 11) is 0. The Hall–Kier alpha value is -2.60. The number of fused-ring (bicyclic) bond motifs is 1. The van der Waals surface area contributed by atoms with Gasteiger partial charge in [0.1, 0.15) is 5.82 Å². The maximum atomic E-state index is 8.74. The Labute approximate surface area is 111 Å². The Balaban J connectivity index is 2.12. The van der Waals surface area contributed by atoms with Crippen LogP contribution in [0.3, 0.4) is 0 Å². The molecule has 3 rings (SSSR count). The van der Waals surface area contributed by atoms with Crippen molar-refractivity contribution in [1.82, 2.24) is 9.97 Å². The van der Waals surface area contributed by atoms with Crippen molar-refractivity contribution in [3.63, 3.8) is 0 Å². The minimum Gasteiger partial charge on any atom is -0.338 e. The number of aryl methyl sites for hydroxylation is 1. The number of hydrogen-bond acceptors (Lipinski definition) is 2. The summed E-state index contributed by atoms with van der Waals surface area (Å²) in [4.78, 5) is 7.94. The van der Waals surface area contributed by atoms with E-state index in [4.69, 9.17) is 5.26 Å². The van der Waals surface area contributed by atoms with Crippen LogP contribution >= 0.6 is 0 Å². The first-order valence-electron chi connectivity index (χ1n) is 6.19. The molecule has 3 nitrogen and oxygen atoms in total. The standard InChI is InChI=1S/C16H13N3/c1-11-4-2-3-5-13(11)16-18-14-7-6-12(8-9-17)10-15(14)19-16/h2-7,10H,8H2,1H3,(H,18,19). The second-order valence-electron chi connectivity index (χ2n) is 4.59. The third kappa shape index (κ3) is 2.09. The van der Waals surface area contributed by atoms with Crippen LogP contribution in [0.25, 0.3) is 22.4 Å². The molecule has 0 aliphatic rings. The van der Waals surface area contributed by atoms with Gasteiger partial charge in [-0.25, -0.2) is 4.98 Å². The molecule has 0 aliphatic heterocycles. The predicted molar refractivity (Wildman–Crippen MR) is 75.6 cm³/mol. The molecule has 0 saturated heterocycles.